The largest absolute Gasteiger partial charge is 0.461 e. The summed E-state index contributed by atoms with van der Waals surface area (Å²) in [4.78, 5) is 11.8. The first-order valence-electron chi connectivity index (χ1n) is 6.34. The Balaban J connectivity index is 2.24. The van der Waals surface area contributed by atoms with Crippen LogP contribution in [0.1, 0.15) is 34.2 Å². The molecule has 0 N–H and O–H groups in total. The van der Waals surface area contributed by atoms with Gasteiger partial charge in [0.2, 0.25) is 0 Å². The molecule has 102 valence electrons. The van der Waals surface area contributed by atoms with Gasteiger partial charge in [-0.15, -0.1) is 0 Å². The highest BCUT2D eigenvalue weighted by molar-refractivity contribution is 5.87. The summed E-state index contributed by atoms with van der Waals surface area (Å²) in [5.74, 6) is -0.373. The number of aryl methyl sites for hydroxylation is 1. The molecule has 1 heterocycles. The second-order valence-corrected chi connectivity index (χ2v) is 4.36. The van der Waals surface area contributed by atoms with Crippen molar-refractivity contribution in [1.82, 2.24) is 9.78 Å². The molecular formula is C15H15N3O2. The Bertz CT molecular complexity index is 651. The quantitative estimate of drug-likeness (QED) is 0.799. The van der Waals surface area contributed by atoms with Crippen LogP contribution in [0.2, 0.25) is 0 Å². The number of ether oxygens (including phenoxy) is 1. The van der Waals surface area contributed by atoms with Crippen LogP contribution in [0.5, 0.6) is 0 Å². The van der Waals surface area contributed by atoms with E-state index in [2.05, 4.69) is 11.2 Å². The van der Waals surface area contributed by atoms with Crippen LogP contribution in [0.25, 0.3) is 0 Å². The van der Waals surface area contributed by atoms with Gasteiger partial charge in [-0.25, -0.2) is 4.79 Å². The molecule has 0 aliphatic heterocycles. The zero-order valence-corrected chi connectivity index (χ0v) is 11.5. The van der Waals surface area contributed by atoms with E-state index in [1.165, 1.54) is 0 Å². The number of rotatable bonds is 4. The van der Waals surface area contributed by atoms with Crippen molar-refractivity contribution in [2.75, 3.05) is 6.61 Å². The third-order valence-corrected chi connectivity index (χ3v) is 2.80. The van der Waals surface area contributed by atoms with Gasteiger partial charge in [-0.3, -0.25) is 4.68 Å². The predicted octanol–water partition coefficient (Wildman–Crippen LogP) is 2.29. The van der Waals surface area contributed by atoms with Crippen molar-refractivity contribution in [3.63, 3.8) is 0 Å². The standard InChI is InChI=1S/C15H15N3O2/c1-3-20-15(19)14-8-11(2)17-18(14)10-13-6-4-12(9-16)5-7-13/h4-8H,3,10H2,1-2H3. The summed E-state index contributed by atoms with van der Waals surface area (Å²) in [5.41, 5.74) is 2.78. The molecule has 0 spiro atoms. The highest BCUT2D eigenvalue weighted by atomic mass is 16.5. The lowest BCUT2D eigenvalue weighted by molar-refractivity contribution is 0.0512. The Morgan fingerprint density at radius 1 is 1.40 bits per heavy atom. The Morgan fingerprint density at radius 3 is 2.70 bits per heavy atom. The van der Waals surface area contributed by atoms with Crippen LogP contribution in [-0.4, -0.2) is 22.4 Å². The molecule has 0 fully saturated rings. The van der Waals surface area contributed by atoms with E-state index in [-0.39, 0.29) is 5.97 Å². The second-order valence-electron chi connectivity index (χ2n) is 4.36. The Hall–Kier alpha value is -2.61. The third-order valence-electron chi connectivity index (χ3n) is 2.80. The normalized spacial score (nSPS) is 10.1. The first-order valence-corrected chi connectivity index (χ1v) is 6.34. The molecule has 2 rings (SSSR count). The number of nitriles is 1. The molecule has 0 amide bonds. The van der Waals surface area contributed by atoms with Crippen LogP contribution in [0.3, 0.4) is 0 Å². The fourth-order valence-electron chi connectivity index (χ4n) is 1.89. The summed E-state index contributed by atoms with van der Waals surface area (Å²) in [6.45, 7) is 4.40. The highest BCUT2D eigenvalue weighted by Gasteiger charge is 2.15. The average molecular weight is 269 g/mol. The number of hydrogen-bond donors (Lipinski definition) is 0. The van der Waals surface area contributed by atoms with Gasteiger partial charge in [-0.1, -0.05) is 12.1 Å². The van der Waals surface area contributed by atoms with E-state index in [0.717, 1.165) is 11.3 Å². The van der Waals surface area contributed by atoms with Gasteiger partial charge in [0.1, 0.15) is 5.69 Å². The van der Waals surface area contributed by atoms with E-state index >= 15 is 0 Å². The lowest BCUT2D eigenvalue weighted by Crippen LogP contribution is -2.14. The molecule has 0 bridgehead atoms. The van der Waals surface area contributed by atoms with E-state index in [1.807, 2.05) is 19.1 Å². The highest BCUT2D eigenvalue weighted by Crippen LogP contribution is 2.10. The van der Waals surface area contributed by atoms with Crippen molar-refractivity contribution < 1.29 is 9.53 Å². The van der Waals surface area contributed by atoms with Crippen LogP contribution in [0.15, 0.2) is 30.3 Å². The fraction of sp³-hybridized carbons (Fsp3) is 0.267. The number of carbonyl (C=O) groups is 1. The summed E-state index contributed by atoms with van der Waals surface area (Å²) in [6, 6.07) is 11.0. The molecule has 0 unspecified atom stereocenters. The first-order chi connectivity index (χ1) is 9.63. The number of nitrogens with zero attached hydrogens (tertiary/aromatic N) is 3. The van der Waals surface area contributed by atoms with Gasteiger partial charge in [0.25, 0.3) is 0 Å². The van der Waals surface area contributed by atoms with Gasteiger partial charge < -0.3 is 4.74 Å². The number of benzene rings is 1. The van der Waals surface area contributed by atoms with Crippen molar-refractivity contribution >= 4 is 5.97 Å². The first kappa shape index (κ1) is 13.8. The van der Waals surface area contributed by atoms with E-state index in [4.69, 9.17) is 10.00 Å². The molecule has 20 heavy (non-hydrogen) atoms. The maximum atomic E-state index is 11.8. The summed E-state index contributed by atoms with van der Waals surface area (Å²) >= 11 is 0. The number of hydrogen-bond acceptors (Lipinski definition) is 4. The molecular weight excluding hydrogens is 254 g/mol. The van der Waals surface area contributed by atoms with Crippen LogP contribution >= 0.6 is 0 Å². The van der Waals surface area contributed by atoms with Crippen molar-refractivity contribution in [1.29, 1.82) is 5.26 Å². The summed E-state index contributed by atoms with van der Waals surface area (Å²) < 4.78 is 6.63. The third kappa shape index (κ3) is 3.04. The van der Waals surface area contributed by atoms with Gasteiger partial charge in [0.05, 0.1) is 30.5 Å². The van der Waals surface area contributed by atoms with Crippen molar-refractivity contribution in [2.24, 2.45) is 0 Å². The zero-order valence-electron chi connectivity index (χ0n) is 11.5. The van der Waals surface area contributed by atoms with Gasteiger partial charge >= 0.3 is 5.97 Å². The smallest absolute Gasteiger partial charge is 0.356 e. The maximum Gasteiger partial charge on any atom is 0.356 e. The van der Waals surface area contributed by atoms with E-state index in [9.17, 15) is 4.79 Å². The van der Waals surface area contributed by atoms with Gasteiger partial charge in [-0.05, 0) is 37.6 Å². The lowest BCUT2D eigenvalue weighted by Gasteiger charge is -2.07. The zero-order chi connectivity index (χ0) is 14.5. The van der Waals surface area contributed by atoms with E-state index in [0.29, 0.717) is 24.4 Å². The monoisotopic (exact) mass is 269 g/mol. The Kier molecular flexibility index (Phi) is 4.16. The SMILES string of the molecule is CCOC(=O)c1cc(C)nn1Cc1ccc(C#N)cc1. The summed E-state index contributed by atoms with van der Waals surface area (Å²) in [5, 5.41) is 13.1. The Labute approximate surface area is 117 Å². The summed E-state index contributed by atoms with van der Waals surface area (Å²) in [7, 11) is 0. The molecule has 0 aliphatic carbocycles. The average Bonchev–Trinajstić information content (AvgIpc) is 2.81. The van der Waals surface area contributed by atoms with Crippen LogP contribution in [-0.2, 0) is 11.3 Å². The van der Waals surface area contributed by atoms with Crippen molar-refractivity contribution in [2.45, 2.75) is 20.4 Å². The molecule has 0 radical (unpaired) electrons. The number of aromatic nitrogens is 2. The Morgan fingerprint density at radius 2 is 2.10 bits per heavy atom. The second kappa shape index (κ2) is 6.02. The molecule has 1 aromatic heterocycles. The molecule has 0 atom stereocenters. The van der Waals surface area contributed by atoms with Gasteiger partial charge in [0, 0.05) is 0 Å². The molecule has 5 heteroatoms. The van der Waals surface area contributed by atoms with Gasteiger partial charge in [0.15, 0.2) is 0 Å². The summed E-state index contributed by atoms with van der Waals surface area (Å²) in [6.07, 6.45) is 0. The van der Waals surface area contributed by atoms with Crippen LogP contribution < -0.4 is 0 Å². The molecule has 0 aliphatic rings. The fourth-order valence-corrected chi connectivity index (χ4v) is 1.89. The maximum absolute atomic E-state index is 11.8. The minimum absolute atomic E-state index is 0.333. The number of carbonyl (C=O) groups excluding carboxylic acids is 1. The van der Waals surface area contributed by atoms with E-state index < -0.39 is 0 Å². The molecule has 0 saturated carbocycles. The minimum Gasteiger partial charge on any atom is -0.461 e. The van der Waals surface area contributed by atoms with Gasteiger partial charge in [-0.2, -0.15) is 10.4 Å². The molecule has 2 aromatic rings. The topological polar surface area (TPSA) is 67.9 Å². The molecule has 0 saturated heterocycles. The minimum atomic E-state index is -0.373. The molecule has 5 nitrogen and oxygen atoms in total. The van der Waals surface area contributed by atoms with E-state index in [1.54, 1.807) is 29.8 Å². The number of esters is 1. The molecule has 1 aromatic carbocycles. The predicted molar refractivity (Wildman–Crippen MR) is 73.2 cm³/mol. The van der Waals surface area contributed by atoms with Crippen LogP contribution in [0.4, 0.5) is 0 Å². The van der Waals surface area contributed by atoms with Crippen molar-refractivity contribution in [3.05, 3.63) is 52.8 Å². The lowest BCUT2D eigenvalue weighted by atomic mass is 10.1. The van der Waals surface area contributed by atoms with Crippen molar-refractivity contribution in [3.8, 4) is 6.07 Å². The van der Waals surface area contributed by atoms with Crippen LogP contribution in [0, 0.1) is 18.3 Å².